The lowest BCUT2D eigenvalue weighted by atomic mass is 9.68. The van der Waals surface area contributed by atoms with Crippen molar-refractivity contribution in [1.29, 1.82) is 0 Å². The molecule has 3 aliphatic carbocycles. The van der Waals surface area contributed by atoms with Crippen molar-refractivity contribution in [2.45, 2.75) is 63.6 Å². The SMILES string of the molecule is COC1CCC2(CC1)Cc1ccc(OCC3CC3)cc1C2N=C(N)N(C=O)Cc1nccs1. The number of guanidine groups is 1. The number of methoxy groups -OCH3 is 1. The molecular weight excluding hydrogens is 436 g/mol. The molecule has 2 saturated carbocycles. The van der Waals surface area contributed by atoms with Crippen LogP contribution >= 0.6 is 11.3 Å². The molecule has 2 N–H and O–H groups in total. The van der Waals surface area contributed by atoms with Gasteiger partial charge in [-0.25, -0.2) is 9.98 Å². The van der Waals surface area contributed by atoms with Gasteiger partial charge in [-0.05, 0) is 74.1 Å². The van der Waals surface area contributed by atoms with Crippen LogP contribution in [0.3, 0.4) is 0 Å². The van der Waals surface area contributed by atoms with Crippen LogP contribution in [0.25, 0.3) is 0 Å². The zero-order valence-corrected chi connectivity index (χ0v) is 19.9. The van der Waals surface area contributed by atoms with Crippen molar-refractivity contribution in [3.05, 3.63) is 45.9 Å². The number of nitrogens with zero attached hydrogens (tertiary/aromatic N) is 3. The first-order valence-corrected chi connectivity index (χ1v) is 12.7. The summed E-state index contributed by atoms with van der Waals surface area (Å²) >= 11 is 1.50. The van der Waals surface area contributed by atoms with Crippen LogP contribution in [0, 0.1) is 11.3 Å². The number of fused-ring (bicyclic) bond motifs is 1. The maximum atomic E-state index is 11.9. The van der Waals surface area contributed by atoms with Crippen molar-refractivity contribution in [2.75, 3.05) is 13.7 Å². The second kappa shape index (κ2) is 9.43. The number of hydrogen-bond donors (Lipinski definition) is 1. The predicted octanol–water partition coefficient (Wildman–Crippen LogP) is 4.08. The summed E-state index contributed by atoms with van der Waals surface area (Å²) in [5.41, 5.74) is 8.92. The number of rotatable bonds is 8. The summed E-state index contributed by atoms with van der Waals surface area (Å²) in [5.74, 6) is 1.85. The Morgan fingerprint density at radius 1 is 1.33 bits per heavy atom. The Hall–Kier alpha value is -2.45. The number of carbonyl (C=O) groups excluding carboxylic acids is 1. The van der Waals surface area contributed by atoms with E-state index in [2.05, 4.69) is 23.2 Å². The highest BCUT2D eigenvalue weighted by Crippen LogP contribution is 2.56. The van der Waals surface area contributed by atoms with Gasteiger partial charge in [0, 0.05) is 24.1 Å². The summed E-state index contributed by atoms with van der Waals surface area (Å²) in [5, 5.41) is 2.73. The van der Waals surface area contributed by atoms with Gasteiger partial charge in [-0.3, -0.25) is 9.69 Å². The lowest BCUT2D eigenvalue weighted by molar-refractivity contribution is -0.115. The number of nitrogens with two attached hydrogens (primary N) is 1. The molecule has 1 atom stereocenters. The van der Waals surface area contributed by atoms with Crippen molar-refractivity contribution in [3.8, 4) is 5.75 Å². The van der Waals surface area contributed by atoms with Gasteiger partial charge in [0.05, 0.1) is 25.3 Å². The number of aromatic nitrogens is 1. The second-order valence-corrected chi connectivity index (χ2v) is 10.6. The average Bonchev–Trinajstić information content (AvgIpc) is 3.44. The normalized spacial score (nSPS) is 26.9. The van der Waals surface area contributed by atoms with Crippen LogP contribution in [0.2, 0.25) is 0 Å². The van der Waals surface area contributed by atoms with Crippen LogP contribution in [0.5, 0.6) is 5.75 Å². The van der Waals surface area contributed by atoms with E-state index in [1.165, 1.54) is 40.2 Å². The van der Waals surface area contributed by atoms with E-state index in [9.17, 15) is 4.79 Å². The molecule has 0 aliphatic heterocycles. The molecule has 7 nitrogen and oxygen atoms in total. The molecule has 1 amide bonds. The molecule has 3 aliphatic rings. The standard InChI is InChI=1S/C25H32N4O3S/c1-31-19-6-8-25(9-7-19)13-18-4-5-20(32-15-17-2-3-17)12-21(18)23(25)28-24(26)29(16-30)14-22-27-10-11-33-22/h4-5,10-12,16-17,19,23H,2-3,6-9,13-15H2,1H3,(H2,26,28). The Labute approximate surface area is 199 Å². The highest BCUT2D eigenvalue weighted by molar-refractivity contribution is 7.09. The van der Waals surface area contributed by atoms with Crippen LogP contribution < -0.4 is 10.5 Å². The molecular formula is C25H32N4O3S. The maximum Gasteiger partial charge on any atom is 0.216 e. The van der Waals surface area contributed by atoms with E-state index in [4.69, 9.17) is 20.2 Å². The molecule has 0 saturated heterocycles. The molecule has 2 aromatic rings. The van der Waals surface area contributed by atoms with E-state index in [0.29, 0.717) is 18.6 Å². The summed E-state index contributed by atoms with van der Waals surface area (Å²) in [7, 11) is 1.80. The van der Waals surface area contributed by atoms with Gasteiger partial charge < -0.3 is 15.2 Å². The van der Waals surface area contributed by atoms with Crippen molar-refractivity contribution in [2.24, 2.45) is 22.1 Å². The molecule has 0 bridgehead atoms. The first-order valence-electron chi connectivity index (χ1n) is 11.8. The van der Waals surface area contributed by atoms with Crippen LogP contribution in [0.1, 0.15) is 60.7 Å². The Bertz CT molecular complexity index is 997. The number of thiazole rings is 1. The van der Waals surface area contributed by atoms with Gasteiger partial charge >= 0.3 is 0 Å². The Balaban J connectivity index is 1.44. The van der Waals surface area contributed by atoms with Crippen molar-refractivity contribution < 1.29 is 14.3 Å². The summed E-state index contributed by atoms with van der Waals surface area (Å²) in [6.45, 7) is 1.11. The third-order valence-electron chi connectivity index (χ3n) is 7.45. The van der Waals surface area contributed by atoms with Gasteiger partial charge in [0.15, 0.2) is 5.96 Å². The van der Waals surface area contributed by atoms with Gasteiger partial charge in [0.25, 0.3) is 0 Å². The predicted molar refractivity (Wildman–Crippen MR) is 128 cm³/mol. The average molecular weight is 469 g/mol. The molecule has 8 heteroatoms. The van der Waals surface area contributed by atoms with Gasteiger partial charge in [-0.15, -0.1) is 11.3 Å². The molecule has 1 spiro atoms. The molecule has 1 heterocycles. The third kappa shape index (κ3) is 4.77. The molecule has 1 unspecified atom stereocenters. The minimum absolute atomic E-state index is 0.00711. The highest BCUT2D eigenvalue weighted by atomic mass is 32.1. The van der Waals surface area contributed by atoms with Crippen LogP contribution in [0.15, 0.2) is 34.8 Å². The third-order valence-corrected chi connectivity index (χ3v) is 8.22. The minimum Gasteiger partial charge on any atom is -0.493 e. The largest absolute Gasteiger partial charge is 0.493 e. The summed E-state index contributed by atoms with van der Waals surface area (Å²) in [4.78, 5) is 22.6. The van der Waals surface area contributed by atoms with Crippen molar-refractivity contribution in [1.82, 2.24) is 9.88 Å². The lowest BCUT2D eigenvalue weighted by Gasteiger charge is -2.40. The molecule has 33 heavy (non-hydrogen) atoms. The summed E-state index contributed by atoms with van der Waals surface area (Å²) in [6.07, 6.45) is 10.3. The smallest absolute Gasteiger partial charge is 0.216 e. The number of ether oxygens (including phenoxy) is 2. The van der Waals surface area contributed by atoms with Gasteiger partial charge in [-0.2, -0.15) is 0 Å². The quantitative estimate of drug-likeness (QED) is 0.358. The van der Waals surface area contributed by atoms with E-state index >= 15 is 0 Å². The molecule has 0 radical (unpaired) electrons. The second-order valence-electron chi connectivity index (χ2n) is 9.64. The van der Waals surface area contributed by atoms with Crippen LogP contribution in [0.4, 0.5) is 0 Å². The molecule has 176 valence electrons. The maximum absolute atomic E-state index is 11.9. The number of carbonyl (C=O) groups is 1. The zero-order chi connectivity index (χ0) is 22.8. The first kappa shape index (κ1) is 22.3. The number of benzene rings is 1. The van der Waals surface area contributed by atoms with Crippen LogP contribution in [-0.2, 0) is 22.5 Å². The molecule has 5 rings (SSSR count). The lowest BCUT2D eigenvalue weighted by Crippen LogP contribution is -2.39. The minimum atomic E-state index is -0.103. The van der Waals surface area contributed by atoms with E-state index in [1.807, 2.05) is 5.38 Å². The van der Waals surface area contributed by atoms with E-state index in [0.717, 1.165) is 55.9 Å². The fraction of sp³-hybridized carbons (Fsp3) is 0.560. The first-order chi connectivity index (χ1) is 16.1. The Morgan fingerprint density at radius 3 is 2.82 bits per heavy atom. The Kier molecular flexibility index (Phi) is 6.38. The highest BCUT2D eigenvalue weighted by Gasteiger charge is 2.48. The molecule has 1 aromatic heterocycles. The van der Waals surface area contributed by atoms with Crippen molar-refractivity contribution >= 4 is 23.7 Å². The van der Waals surface area contributed by atoms with Crippen molar-refractivity contribution in [3.63, 3.8) is 0 Å². The summed E-state index contributed by atoms with van der Waals surface area (Å²) in [6, 6.07) is 6.34. The van der Waals surface area contributed by atoms with Gasteiger partial charge in [0.2, 0.25) is 6.41 Å². The molecule has 2 fully saturated rings. The van der Waals surface area contributed by atoms with E-state index in [-0.39, 0.29) is 17.4 Å². The fourth-order valence-electron chi connectivity index (χ4n) is 5.30. The zero-order valence-electron chi connectivity index (χ0n) is 19.1. The monoisotopic (exact) mass is 468 g/mol. The van der Waals surface area contributed by atoms with E-state index < -0.39 is 0 Å². The topological polar surface area (TPSA) is 90.0 Å². The number of hydrogen-bond acceptors (Lipinski definition) is 6. The van der Waals surface area contributed by atoms with Gasteiger partial charge in [-0.1, -0.05) is 6.07 Å². The molecule has 1 aromatic carbocycles. The number of aliphatic imine (C=N–C) groups is 1. The van der Waals surface area contributed by atoms with Crippen LogP contribution in [-0.4, -0.2) is 42.1 Å². The fourth-order valence-corrected chi connectivity index (χ4v) is 5.91. The van der Waals surface area contributed by atoms with E-state index in [1.54, 1.807) is 13.3 Å². The van der Waals surface area contributed by atoms with Gasteiger partial charge in [0.1, 0.15) is 10.8 Å². The number of amides is 1. The Morgan fingerprint density at radius 2 is 2.15 bits per heavy atom. The summed E-state index contributed by atoms with van der Waals surface area (Å²) < 4.78 is 11.7.